The maximum atomic E-state index is 12.3. The zero-order valence-corrected chi connectivity index (χ0v) is 16.0. The molecule has 1 amide bonds. The predicted molar refractivity (Wildman–Crippen MR) is 109 cm³/mol. The Morgan fingerprint density at radius 2 is 2.04 bits per heavy atom. The Kier molecular flexibility index (Phi) is 5.98. The summed E-state index contributed by atoms with van der Waals surface area (Å²) < 4.78 is 7.28. The molecule has 2 N–H and O–H groups in total. The molecule has 0 spiro atoms. The fourth-order valence-corrected chi connectivity index (χ4v) is 3.00. The molecule has 0 radical (unpaired) electrons. The van der Waals surface area contributed by atoms with Gasteiger partial charge >= 0.3 is 0 Å². The molecule has 1 aliphatic carbocycles. The van der Waals surface area contributed by atoms with Gasteiger partial charge in [0.25, 0.3) is 0 Å². The predicted octanol–water partition coefficient (Wildman–Crippen LogP) is 3.39. The number of anilines is 1. The van der Waals surface area contributed by atoms with Crippen LogP contribution in [0.4, 0.5) is 5.95 Å². The third-order valence-electron chi connectivity index (χ3n) is 4.54. The van der Waals surface area contributed by atoms with Crippen LogP contribution in [0.1, 0.15) is 12.8 Å². The van der Waals surface area contributed by atoms with Crippen LogP contribution in [0.5, 0.6) is 5.75 Å². The average molecular weight is 387 g/mol. The summed E-state index contributed by atoms with van der Waals surface area (Å²) in [6, 6.07) is 15.5. The van der Waals surface area contributed by atoms with Crippen molar-refractivity contribution in [2.75, 3.05) is 25.5 Å². The molecule has 0 bridgehead atoms. The molecule has 0 unspecified atom stereocenters. The van der Waals surface area contributed by atoms with Gasteiger partial charge in [0.1, 0.15) is 5.75 Å². The number of hydrogen-bond acceptors (Lipinski definition) is 4. The van der Waals surface area contributed by atoms with Gasteiger partial charge in [-0.2, -0.15) is 0 Å². The molecule has 142 valence electrons. The second kappa shape index (κ2) is 8.41. The minimum atomic E-state index is -0.0925. The first-order valence-corrected chi connectivity index (χ1v) is 8.87. The second-order valence-electron chi connectivity index (χ2n) is 6.58. The largest absolute Gasteiger partial charge is 0.497 e. The average Bonchev–Trinajstić information content (AvgIpc) is 3.41. The number of carbonyl (C=O) groups excluding carboxylic acids is 1. The summed E-state index contributed by atoms with van der Waals surface area (Å²) in [5.74, 6) is 1.91. The van der Waals surface area contributed by atoms with Gasteiger partial charge in [0.2, 0.25) is 11.9 Å². The Morgan fingerprint density at radius 3 is 2.81 bits per heavy atom. The quantitative estimate of drug-likeness (QED) is 0.653. The van der Waals surface area contributed by atoms with Crippen LogP contribution in [0.3, 0.4) is 0 Å². The highest BCUT2D eigenvalue weighted by Gasteiger charge is 2.21. The lowest BCUT2D eigenvalue weighted by atomic mass is 10.2. The van der Waals surface area contributed by atoms with Crippen molar-refractivity contribution in [3.05, 3.63) is 48.5 Å². The number of imidazole rings is 1. The summed E-state index contributed by atoms with van der Waals surface area (Å²) in [5.41, 5.74) is 2.65. The molecule has 1 saturated carbocycles. The number of carbonyl (C=O) groups is 1. The van der Waals surface area contributed by atoms with Gasteiger partial charge in [0.05, 0.1) is 30.4 Å². The van der Waals surface area contributed by atoms with Crippen LogP contribution < -0.4 is 15.4 Å². The monoisotopic (exact) mass is 386 g/mol. The zero-order chi connectivity index (χ0) is 17.9. The lowest BCUT2D eigenvalue weighted by molar-refractivity contribution is -0.115. The van der Waals surface area contributed by atoms with Gasteiger partial charge in [0.15, 0.2) is 0 Å². The van der Waals surface area contributed by atoms with Crippen molar-refractivity contribution in [1.82, 2.24) is 14.9 Å². The molecular weight excluding hydrogens is 364 g/mol. The van der Waals surface area contributed by atoms with E-state index in [2.05, 4.69) is 15.6 Å². The van der Waals surface area contributed by atoms with Crippen LogP contribution >= 0.6 is 12.4 Å². The highest BCUT2D eigenvalue weighted by molar-refractivity contribution is 5.93. The Morgan fingerprint density at radius 1 is 1.22 bits per heavy atom. The summed E-state index contributed by atoms with van der Waals surface area (Å²) in [7, 11) is 1.64. The zero-order valence-electron chi connectivity index (χ0n) is 15.1. The van der Waals surface area contributed by atoms with Crippen molar-refractivity contribution in [2.45, 2.75) is 12.8 Å². The van der Waals surface area contributed by atoms with Crippen molar-refractivity contribution < 1.29 is 9.53 Å². The number of para-hydroxylation sites is 2. The lowest BCUT2D eigenvalue weighted by Crippen LogP contribution is -2.30. The molecule has 1 heterocycles. The van der Waals surface area contributed by atoms with E-state index in [1.54, 1.807) is 7.11 Å². The first kappa shape index (κ1) is 19.2. The van der Waals surface area contributed by atoms with Crippen LogP contribution in [0.25, 0.3) is 16.7 Å². The molecule has 1 aliphatic rings. The number of benzene rings is 2. The fourth-order valence-electron chi connectivity index (χ4n) is 3.00. The topological polar surface area (TPSA) is 68.2 Å². The van der Waals surface area contributed by atoms with E-state index in [1.807, 2.05) is 53.1 Å². The summed E-state index contributed by atoms with van der Waals surface area (Å²) in [6.45, 7) is 1.19. The van der Waals surface area contributed by atoms with Crippen molar-refractivity contribution in [1.29, 1.82) is 0 Å². The van der Waals surface area contributed by atoms with E-state index in [9.17, 15) is 4.79 Å². The first-order valence-electron chi connectivity index (χ1n) is 8.87. The van der Waals surface area contributed by atoms with Gasteiger partial charge in [-0.25, -0.2) is 4.98 Å². The number of ether oxygens (including phenoxy) is 1. The van der Waals surface area contributed by atoms with Crippen LogP contribution in [0, 0.1) is 5.92 Å². The number of hydrogen-bond donors (Lipinski definition) is 2. The van der Waals surface area contributed by atoms with Crippen LogP contribution in [0.2, 0.25) is 0 Å². The first-order chi connectivity index (χ1) is 12.7. The Bertz CT molecular complexity index is 937. The molecule has 0 atom stereocenters. The van der Waals surface area contributed by atoms with Gasteiger partial charge in [-0.05, 0) is 49.6 Å². The van der Waals surface area contributed by atoms with Crippen molar-refractivity contribution >= 4 is 35.3 Å². The molecule has 6 nitrogen and oxygen atoms in total. The highest BCUT2D eigenvalue weighted by Crippen LogP contribution is 2.28. The Labute approximate surface area is 164 Å². The number of aromatic nitrogens is 2. The molecule has 3 aromatic rings. The van der Waals surface area contributed by atoms with Gasteiger partial charge in [-0.15, -0.1) is 12.4 Å². The molecule has 0 saturated heterocycles. The van der Waals surface area contributed by atoms with E-state index in [4.69, 9.17) is 4.74 Å². The van der Waals surface area contributed by atoms with Gasteiger partial charge < -0.3 is 10.1 Å². The van der Waals surface area contributed by atoms with E-state index in [-0.39, 0.29) is 24.9 Å². The highest BCUT2D eigenvalue weighted by atomic mass is 35.5. The number of nitrogens with one attached hydrogen (secondary N) is 2. The third kappa shape index (κ3) is 4.40. The number of methoxy groups -OCH3 is 1. The van der Waals surface area contributed by atoms with Gasteiger partial charge in [0, 0.05) is 6.07 Å². The van der Waals surface area contributed by atoms with Crippen LogP contribution in [-0.4, -0.2) is 35.7 Å². The number of rotatable bonds is 7. The van der Waals surface area contributed by atoms with Crippen LogP contribution in [-0.2, 0) is 4.79 Å². The second-order valence-corrected chi connectivity index (χ2v) is 6.58. The molecule has 7 heteroatoms. The minimum Gasteiger partial charge on any atom is -0.497 e. The smallest absolute Gasteiger partial charge is 0.240 e. The molecule has 2 aromatic carbocycles. The molecule has 27 heavy (non-hydrogen) atoms. The maximum absolute atomic E-state index is 12.3. The van der Waals surface area contributed by atoms with Crippen molar-refractivity contribution in [3.63, 3.8) is 0 Å². The van der Waals surface area contributed by atoms with Gasteiger partial charge in [-0.3, -0.25) is 14.7 Å². The van der Waals surface area contributed by atoms with E-state index in [0.29, 0.717) is 5.95 Å². The summed E-state index contributed by atoms with van der Waals surface area (Å²) in [5, 5.41) is 6.15. The maximum Gasteiger partial charge on any atom is 0.240 e. The molecule has 0 aliphatic heterocycles. The van der Waals surface area contributed by atoms with Crippen LogP contribution in [0.15, 0.2) is 48.5 Å². The number of halogens is 1. The number of fused-ring (bicyclic) bond motifs is 1. The number of amides is 1. The molecular formula is C20H23ClN4O2. The Balaban J connectivity index is 0.00000210. The normalized spacial score (nSPS) is 13.2. The van der Waals surface area contributed by atoms with E-state index < -0.39 is 0 Å². The van der Waals surface area contributed by atoms with E-state index >= 15 is 0 Å². The Hall–Kier alpha value is -2.57. The minimum absolute atomic E-state index is 0. The van der Waals surface area contributed by atoms with Gasteiger partial charge in [-0.1, -0.05) is 18.2 Å². The standard InChI is InChI=1S/C20H22N4O2.ClH/c1-26-16-6-4-5-15(11-16)24-18-8-3-2-7-17(18)22-20(24)23-19(25)13-21-12-14-9-10-14;/h2-8,11,14,21H,9-10,12-13H2,1H3,(H,22,23,25);1H. The SMILES string of the molecule is COc1cccc(-n2c(NC(=O)CNCC3CC3)nc3ccccc32)c1.Cl. The van der Waals surface area contributed by atoms with E-state index in [1.165, 1.54) is 12.8 Å². The summed E-state index contributed by atoms with van der Waals surface area (Å²) in [4.78, 5) is 16.9. The fraction of sp³-hybridized carbons (Fsp3) is 0.300. The van der Waals surface area contributed by atoms with E-state index in [0.717, 1.165) is 34.9 Å². The summed E-state index contributed by atoms with van der Waals surface area (Å²) in [6.07, 6.45) is 2.53. The molecule has 1 fully saturated rings. The van der Waals surface area contributed by atoms with Crippen molar-refractivity contribution in [2.24, 2.45) is 5.92 Å². The molecule has 1 aromatic heterocycles. The summed E-state index contributed by atoms with van der Waals surface area (Å²) >= 11 is 0. The van der Waals surface area contributed by atoms with Crippen molar-refractivity contribution in [3.8, 4) is 11.4 Å². The third-order valence-corrected chi connectivity index (χ3v) is 4.54. The lowest BCUT2D eigenvalue weighted by Gasteiger charge is -2.11. The number of nitrogens with zero attached hydrogens (tertiary/aromatic N) is 2. The molecule has 4 rings (SSSR count).